The maximum absolute atomic E-state index is 12.2. The van der Waals surface area contributed by atoms with Gasteiger partial charge in [-0.3, -0.25) is 4.79 Å². The summed E-state index contributed by atoms with van der Waals surface area (Å²) in [5.74, 6) is 0.0629. The van der Waals surface area contributed by atoms with Crippen LogP contribution in [0.5, 0.6) is 0 Å². The first-order valence-corrected chi connectivity index (χ1v) is 8.10. The minimum absolute atomic E-state index is 0.131. The molecule has 0 saturated carbocycles. The number of likely N-dealkylation sites (tertiary alicyclic amines) is 1. The number of piperidine rings is 1. The highest BCUT2D eigenvalue weighted by Gasteiger charge is 2.39. The SMILES string of the molecule is CCC(CSC)NC(=O)N1CCCC(C)(C(=O)O)C1. The van der Waals surface area contributed by atoms with Crippen molar-refractivity contribution in [2.24, 2.45) is 5.41 Å². The third-order valence-corrected chi connectivity index (χ3v) is 4.42. The summed E-state index contributed by atoms with van der Waals surface area (Å²) >= 11 is 1.70. The second kappa shape index (κ2) is 7.03. The van der Waals surface area contributed by atoms with Crippen molar-refractivity contribution in [3.8, 4) is 0 Å². The number of nitrogens with zero attached hydrogens (tertiary/aromatic N) is 1. The van der Waals surface area contributed by atoms with Crippen molar-refractivity contribution in [1.82, 2.24) is 10.2 Å². The van der Waals surface area contributed by atoms with Crippen LogP contribution in [0.25, 0.3) is 0 Å². The Balaban J connectivity index is 2.59. The Kier molecular flexibility index (Phi) is 5.97. The van der Waals surface area contributed by atoms with Gasteiger partial charge in [-0.15, -0.1) is 0 Å². The summed E-state index contributed by atoms with van der Waals surface area (Å²) in [6.45, 7) is 4.70. The Labute approximate surface area is 119 Å². The smallest absolute Gasteiger partial charge is 0.317 e. The lowest BCUT2D eigenvalue weighted by Crippen LogP contribution is -2.53. The number of carboxylic acid groups (broad SMARTS) is 1. The number of hydrogen-bond donors (Lipinski definition) is 2. The number of carboxylic acids is 1. The molecule has 0 aromatic carbocycles. The van der Waals surface area contributed by atoms with Crippen molar-refractivity contribution in [3.63, 3.8) is 0 Å². The summed E-state index contributed by atoms with van der Waals surface area (Å²) in [6, 6.07) is 0.0218. The van der Waals surface area contributed by atoms with Gasteiger partial charge in [0.1, 0.15) is 0 Å². The predicted molar refractivity (Wildman–Crippen MR) is 77.5 cm³/mol. The van der Waals surface area contributed by atoms with Gasteiger partial charge in [0.25, 0.3) is 0 Å². The van der Waals surface area contributed by atoms with Gasteiger partial charge in [0.05, 0.1) is 5.41 Å². The van der Waals surface area contributed by atoms with Crippen molar-refractivity contribution < 1.29 is 14.7 Å². The topological polar surface area (TPSA) is 69.6 Å². The van der Waals surface area contributed by atoms with Crippen LogP contribution in [0.15, 0.2) is 0 Å². The number of rotatable bonds is 5. The number of thioether (sulfide) groups is 1. The monoisotopic (exact) mass is 288 g/mol. The number of nitrogens with one attached hydrogen (secondary N) is 1. The molecular formula is C13H24N2O3S. The molecule has 6 heteroatoms. The van der Waals surface area contributed by atoms with Gasteiger partial charge in [-0.05, 0) is 32.4 Å². The van der Waals surface area contributed by atoms with Gasteiger partial charge in [-0.25, -0.2) is 4.79 Å². The molecule has 110 valence electrons. The first kappa shape index (κ1) is 16.1. The van der Waals surface area contributed by atoms with Crippen molar-refractivity contribution >= 4 is 23.8 Å². The van der Waals surface area contributed by atoms with Crippen LogP contribution >= 0.6 is 11.8 Å². The van der Waals surface area contributed by atoms with Gasteiger partial charge in [-0.2, -0.15) is 11.8 Å². The number of aliphatic carboxylic acids is 1. The van der Waals surface area contributed by atoms with Crippen LogP contribution in [0.3, 0.4) is 0 Å². The van der Waals surface area contributed by atoms with Crippen molar-refractivity contribution in [2.45, 2.75) is 39.2 Å². The van der Waals surface area contributed by atoms with Crippen LogP contribution in [0.1, 0.15) is 33.1 Å². The highest BCUT2D eigenvalue weighted by atomic mass is 32.2. The summed E-state index contributed by atoms with van der Waals surface area (Å²) in [5.41, 5.74) is -0.809. The Morgan fingerprint density at radius 3 is 2.74 bits per heavy atom. The number of hydrogen-bond acceptors (Lipinski definition) is 3. The van der Waals surface area contributed by atoms with Crippen molar-refractivity contribution in [2.75, 3.05) is 25.1 Å². The molecule has 1 heterocycles. The Morgan fingerprint density at radius 2 is 2.21 bits per heavy atom. The second-order valence-corrected chi connectivity index (χ2v) is 6.31. The summed E-state index contributed by atoms with van der Waals surface area (Å²) in [6.07, 6.45) is 4.28. The van der Waals surface area contributed by atoms with E-state index in [1.807, 2.05) is 13.2 Å². The van der Waals surface area contributed by atoms with E-state index in [-0.39, 0.29) is 12.1 Å². The average molecular weight is 288 g/mol. The van der Waals surface area contributed by atoms with Crippen LogP contribution in [-0.4, -0.2) is 53.1 Å². The highest BCUT2D eigenvalue weighted by Crippen LogP contribution is 2.29. The number of urea groups is 1. The third-order valence-electron chi connectivity index (χ3n) is 3.69. The number of amides is 2. The van der Waals surface area contributed by atoms with Gasteiger partial charge < -0.3 is 15.3 Å². The van der Waals surface area contributed by atoms with E-state index in [4.69, 9.17) is 0 Å². The quantitative estimate of drug-likeness (QED) is 0.812. The lowest BCUT2D eigenvalue weighted by molar-refractivity contribution is -0.150. The number of carbonyl (C=O) groups excluding carboxylic acids is 1. The molecule has 0 aromatic rings. The fraction of sp³-hybridized carbons (Fsp3) is 0.846. The van der Waals surface area contributed by atoms with E-state index in [1.54, 1.807) is 23.6 Å². The fourth-order valence-corrected chi connectivity index (χ4v) is 3.04. The molecule has 1 rings (SSSR count). The second-order valence-electron chi connectivity index (χ2n) is 5.40. The summed E-state index contributed by atoms with van der Waals surface area (Å²) in [4.78, 5) is 25.1. The van der Waals surface area contributed by atoms with Crippen LogP contribution < -0.4 is 5.32 Å². The Hall–Kier alpha value is -0.910. The molecule has 1 aliphatic rings. The molecule has 1 fully saturated rings. The Bertz CT molecular complexity index is 338. The molecule has 0 aromatic heterocycles. The largest absolute Gasteiger partial charge is 0.481 e. The molecular weight excluding hydrogens is 264 g/mol. The third kappa shape index (κ3) is 4.30. The zero-order chi connectivity index (χ0) is 14.5. The summed E-state index contributed by atoms with van der Waals surface area (Å²) in [5, 5.41) is 12.2. The molecule has 2 atom stereocenters. The van der Waals surface area contributed by atoms with Crippen molar-refractivity contribution in [3.05, 3.63) is 0 Å². The van der Waals surface area contributed by atoms with E-state index in [9.17, 15) is 14.7 Å². The lowest BCUT2D eigenvalue weighted by atomic mass is 9.82. The fourth-order valence-electron chi connectivity index (χ4n) is 2.32. The maximum Gasteiger partial charge on any atom is 0.317 e. The molecule has 0 spiro atoms. The minimum Gasteiger partial charge on any atom is -0.481 e. The van der Waals surface area contributed by atoms with E-state index in [2.05, 4.69) is 5.32 Å². The van der Waals surface area contributed by atoms with E-state index in [0.717, 1.165) is 18.6 Å². The van der Waals surface area contributed by atoms with E-state index in [0.29, 0.717) is 19.5 Å². The van der Waals surface area contributed by atoms with Crippen molar-refractivity contribution in [1.29, 1.82) is 0 Å². The molecule has 2 amide bonds. The van der Waals surface area contributed by atoms with Gasteiger partial charge in [-0.1, -0.05) is 6.92 Å². The van der Waals surface area contributed by atoms with Gasteiger partial charge in [0.2, 0.25) is 0 Å². The standard InChI is InChI=1S/C13H24N2O3S/c1-4-10(8-19-3)14-12(18)15-7-5-6-13(2,9-15)11(16)17/h10H,4-9H2,1-3H3,(H,14,18)(H,16,17). The predicted octanol–water partition coefficient (Wildman–Crippen LogP) is 2.02. The molecule has 19 heavy (non-hydrogen) atoms. The van der Waals surface area contributed by atoms with Gasteiger partial charge in [0.15, 0.2) is 0 Å². The Morgan fingerprint density at radius 1 is 1.53 bits per heavy atom. The molecule has 2 N–H and O–H groups in total. The van der Waals surface area contributed by atoms with Crippen LogP contribution in [0, 0.1) is 5.41 Å². The van der Waals surface area contributed by atoms with Gasteiger partial charge in [0, 0.05) is 24.9 Å². The molecule has 1 saturated heterocycles. The van der Waals surface area contributed by atoms with Crippen LogP contribution in [0.4, 0.5) is 4.79 Å². The van der Waals surface area contributed by atoms with E-state index < -0.39 is 11.4 Å². The molecule has 0 aliphatic carbocycles. The molecule has 5 nitrogen and oxygen atoms in total. The highest BCUT2D eigenvalue weighted by molar-refractivity contribution is 7.98. The summed E-state index contributed by atoms with van der Waals surface area (Å²) < 4.78 is 0. The zero-order valence-corrected chi connectivity index (χ0v) is 12.8. The zero-order valence-electron chi connectivity index (χ0n) is 11.9. The molecule has 2 unspecified atom stereocenters. The minimum atomic E-state index is -0.818. The molecule has 1 aliphatic heterocycles. The molecule has 0 radical (unpaired) electrons. The van der Waals surface area contributed by atoms with Crippen LogP contribution in [0.2, 0.25) is 0 Å². The maximum atomic E-state index is 12.2. The first-order chi connectivity index (χ1) is 8.92. The molecule has 0 bridgehead atoms. The average Bonchev–Trinajstić information content (AvgIpc) is 2.38. The number of carbonyl (C=O) groups is 2. The van der Waals surface area contributed by atoms with E-state index in [1.165, 1.54) is 0 Å². The normalized spacial score (nSPS) is 24.9. The van der Waals surface area contributed by atoms with Crippen LogP contribution in [-0.2, 0) is 4.79 Å². The van der Waals surface area contributed by atoms with E-state index >= 15 is 0 Å². The first-order valence-electron chi connectivity index (χ1n) is 6.70. The van der Waals surface area contributed by atoms with Gasteiger partial charge >= 0.3 is 12.0 Å². The lowest BCUT2D eigenvalue weighted by Gasteiger charge is -2.38. The summed E-state index contributed by atoms with van der Waals surface area (Å²) in [7, 11) is 0.